The summed E-state index contributed by atoms with van der Waals surface area (Å²) in [6, 6.07) is 13.3. The number of benzene rings is 2. The van der Waals surface area contributed by atoms with E-state index in [1.165, 1.54) is 5.56 Å². The lowest BCUT2D eigenvalue weighted by atomic mass is 10.1. The summed E-state index contributed by atoms with van der Waals surface area (Å²) in [5, 5.41) is 11.3. The quantitative estimate of drug-likeness (QED) is 0.408. The number of nitrogens with zero attached hydrogens (tertiary/aromatic N) is 3. The first kappa shape index (κ1) is 21.0. The van der Waals surface area contributed by atoms with Crippen LogP contribution in [0.2, 0.25) is 5.02 Å². The number of aliphatic imine (C=N–C) groups is 1. The van der Waals surface area contributed by atoms with Gasteiger partial charge in [0.2, 0.25) is 18.5 Å². The molecule has 1 aliphatic rings. The van der Waals surface area contributed by atoms with E-state index in [9.17, 15) is 0 Å². The predicted molar refractivity (Wildman–Crippen MR) is 119 cm³/mol. The summed E-state index contributed by atoms with van der Waals surface area (Å²) in [4.78, 5) is 9.03. The van der Waals surface area contributed by atoms with E-state index in [1.807, 2.05) is 37.3 Å². The van der Waals surface area contributed by atoms with Gasteiger partial charge in [0.05, 0.1) is 6.54 Å². The van der Waals surface area contributed by atoms with Gasteiger partial charge in [-0.25, -0.2) is 0 Å². The standard InChI is InChI=1S/C22H24ClN5O3/c1-2-24-22(25-11-9-15-3-8-18-19(13-15)30-14-29-18)26-12-10-20-27-21(28-31-20)16-4-6-17(23)7-5-16/h3-8,13H,2,9-12,14H2,1H3,(H2,24,25,26). The van der Waals surface area contributed by atoms with Crippen LogP contribution in [0.1, 0.15) is 18.4 Å². The lowest BCUT2D eigenvalue weighted by Gasteiger charge is -2.11. The Hall–Kier alpha value is -3.26. The van der Waals surface area contributed by atoms with E-state index in [0.717, 1.165) is 42.5 Å². The molecule has 0 radical (unpaired) electrons. The van der Waals surface area contributed by atoms with Crippen molar-refractivity contribution in [3.8, 4) is 22.9 Å². The van der Waals surface area contributed by atoms with E-state index >= 15 is 0 Å². The lowest BCUT2D eigenvalue weighted by Crippen LogP contribution is -2.38. The zero-order valence-corrected chi connectivity index (χ0v) is 18.0. The average Bonchev–Trinajstić information content (AvgIpc) is 3.43. The van der Waals surface area contributed by atoms with Crippen molar-refractivity contribution in [3.63, 3.8) is 0 Å². The first-order chi connectivity index (χ1) is 15.2. The summed E-state index contributed by atoms with van der Waals surface area (Å²) in [6.07, 6.45) is 1.40. The minimum atomic E-state index is 0.287. The Kier molecular flexibility index (Phi) is 6.89. The molecule has 4 rings (SSSR count). The molecular weight excluding hydrogens is 418 g/mol. The SMILES string of the molecule is CCNC(=NCCc1nc(-c2ccc(Cl)cc2)no1)NCCc1ccc2c(c1)OCO2. The van der Waals surface area contributed by atoms with Crippen molar-refractivity contribution in [1.82, 2.24) is 20.8 Å². The number of nitrogens with one attached hydrogen (secondary N) is 2. The van der Waals surface area contributed by atoms with Gasteiger partial charge in [0.25, 0.3) is 0 Å². The summed E-state index contributed by atoms with van der Waals surface area (Å²) in [7, 11) is 0. The largest absolute Gasteiger partial charge is 0.454 e. The van der Waals surface area contributed by atoms with Crippen LogP contribution in [-0.2, 0) is 12.8 Å². The van der Waals surface area contributed by atoms with Crippen LogP contribution < -0.4 is 20.1 Å². The van der Waals surface area contributed by atoms with Gasteiger partial charge in [0.1, 0.15) is 0 Å². The third-order valence-corrected chi connectivity index (χ3v) is 4.91. The molecular formula is C22H24ClN5O3. The number of fused-ring (bicyclic) bond motifs is 1. The molecule has 3 aromatic rings. The maximum absolute atomic E-state index is 5.92. The van der Waals surface area contributed by atoms with Crippen molar-refractivity contribution in [2.45, 2.75) is 19.8 Å². The van der Waals surface area contributed by atoms with E-state index in [-0.39, 0.29) is 6.79 Å². The number of hydrogen-bond acceptors (Lipinski definition) is 6. The highest BCUT2D eigenvalue weighted by Crippen LogP contribution is 2.32. The van der Waals surface area contributed by atoms with E-state index in [2.05, 4.69) is 25.8 Å². The van der Waals surface area contributed by atoms with E-state index < -0.39 is 0 Å². The first-order valence-electron chi connectivity index (χ1n) is 10.2. The van der Waals surface area contributed by atoms with Crippen molar-refractivity contribution in [2.24, 2.45) is 4.99 Å². The molecule has 0 fully saturated rings. The molecule has 31 heavy (non-hydrogen) atoms. The molecule has 8 nitrogen and oxygen atoms in total. The van der Waals surface area contributed by atoms with Crippen molar-refractivity contribution in [3.05, 3.63) is 58.9 Å². The normalized spacial score (nSPS) is 12.8. The van der Waals surface area contributed by atoms with Gasteiger partial charge in [0, 0.05) is 30.1 Å². The van der Waals surface area contributed by atoms with Crippen LogP contribution in [0, 0.1) is 0 Å². The van der Waals surface area contributed by atoms with Crippen LogP contribution in [0.3, 0.4) is 0 Å². The van der Waals surface area contributed by atoms with Gasteiger partial charge in [-0.1, -0.05) is 22.8 Å². The Morgan fingerprint density at radius 2 is 1.90 bits per heavy atom. The molecule has 1 aromatic heterocycles. The summed E-state index contributed by atoms with van der Waals surface area (Å²) in [5.74, 6) is 3.44. The molecule has 0 unspecified atom stereocenters. The van der Waals surface area contributed by atoms with Crippen LogP contribution in [0.15, 0.2) is 52.0 Å². The zero-order chi connectivity index (χ0) is 21.5. The Morgan fingerprint density at radius 1 is 1.06 bits per heavy atom. The molecule has 0 saturated heterocycles. The third kappa shape index (κ3) is 5.67. The highest BCUT2D eigenvalue weighted by molar-refractivity contribution is 6.30. The third-order valence-electron chi connectivity index (χ3n) is 4.65. The summed E-state index contributed by atoms with van der Waals surface area (Å²) in [5.41, 5.74) is 2.04. The predicted octanol–water partition coefficient (Wildman–Crippen LogP) is 3.46. The second-order valence-electron chi connectivity index (χ2n) is 6.89. The number of hydrogen-bond donors (Lipinski definition) is 2. The van der Waals surface area contributed by atoms with Crippen molar-refractivity contribution >= 4 is 17.6 Å². The maximum atomic E-state index is 5.92. The van der Waals surface area contributed by atoms with E-state index in [4.69, 9.17) is 25.6 Å². The molecule has 0 atom stereocenters. The Labute approximate surface area is 185 Å². The van der Waals surface area contributed by atoms with Gasteiger partial charge in [0.15, 0.2) is 17.5 Å². The minimum absolute atomic E-state index is 0.287. The number of aromatic nitrogens is 2. The van der Waals surface area contributed by atoms with E-state index in [0.29, 0.717) is 29.7 Å². The molecule has 0 aliphatic carbocycles. The monoisotopic (exact) mass is 441 g/mol. The van der Waals surface area contributed by atoms with E-state index in [1.54, 1.807) is 12.1 Å². The Balaban J connectivity index is 1.27. The number of guanidine groups is 1. The van der Waals surface area contributed by atoms with Gasteiger partial charge in [-0.2, -0.15) is 4.98 Å². The highest BCUT2D eigenvalue weighted by Gasteiger charge is 2.13. The van der Waals surface area contributed by atoms with Gasteiger partial charge in [-0.3, -0.25) is 4.99 Å². The number of halogens is 1. The molecule has 0 spiro atoms. The van der Waals surface area contributed by atoms with Crippen molar-refractivity contribution in [1.29, 1.82) is 0 Å². The van der Waals surface area contributed by atoms with Crippen LogP contribution in [0.5, 0.6) is 11.5 Å². The molecule has 0 saturated carbocycles. The van der Waals surface area contributed by atoms with Gasteiger partial charge in [-0.15, -0.1) is 0 Å². The molecule has 2 heterocycles. The van der Waals surface area contributed by atoms with Gasteiger partial charge < -0.3 is 24.6 Å². The highest BCUT2D eigenvalue weighted by atomic mass is 35.5. The molecule has 2 aromatic carbocycles. The molecule has 0 amide bonds. The van der Waals surface area contributed by atoms with Crippen LogP contribution in [0.4, 0.5) is 0 Å². The fourth-order valence-electron chi connectivity index (χ4n) is 3.10. The topological polar surface area (TPSA) is 93.8 Å². The number of rotatable bonds is 8. The van der Waals surface area contributed by atoms with Crippen LogP contribution in [-0.4, -0.2) is 42.5 Å². The molecule has 162 valence electrons. The van der Waals surface area contributed by atoms with Crippen molar-refractivity contribution < 1.29 is 14.0 Å². The molecule has 1 aliphatic heterocycles. The van der Waals surface area contributed by atoms with Crippen LogP contribution >= 0.6 is 11.6 Å². The summed E-state index contributed by atoms with van der Waals surface area (Å²) < 4.78 is 16.1. The van der Waals surface area contributed by atoms with Gasteiger partial charge in [-0.05, 0) is 55.3 Å². The fourth-order valence-corrected chi connectivity index (χ4v) is 3.23. The second kappa shape index (κ2) is 10.2. The Bertz CT molecular complexity index is 1040. The maximum Gasteiger partial charge on any atom is 0.231 e. The zero-order valence-electron chi connectivity index (χ0n) is 17.2. The molecule has 2 N–H and O–H groups in total. The summed E-state index contributed by atoms with van der Waals surface area (Å²) in [6.45, 7) is 4.37. The van der Waals surface area contributed by atoms with Crippen LogP contribution in [0.25, 0.3) is 11.4 Å². The van der Waals surface area contributed by atoms with Crippen molar-refractivity contribution in [2.75, 3.05) is 26.4 Å². The summed E-state index contributed by atoms with van der Waals surface area (Å²) >= 11 is 5.92. The van der Waals surface area contributed by atoms with Gasteiger partial charge >= 0.3 is 0 Å². The minimum Gasteiger partial charge on any atom is -0.454 e. The lowest BCUT2D eigenvalue weighted by molar-refractivity contribution is 0.174. The average molecular weight is 442 g/mol. The molecule has 0 bridgehead atoms. The Morgan fingerprint density at radius 3 is 2.74 bits per heavy atom. The fraction of sp³-hybridized carbons (Fsp3) is 0.318. The molecule has 9 heteroatoms. The number of ether oxygens (including phenoxy) is 2. The second-order valence-corrected chi connectivity index (χ2v) is 7.33. The first-order valence-corrected chi connectivity index (χ1v) is 10.6. The smallest absolute Gasteiger partial charge is 0.231 e.